The molecule has 0 saturated carbocycles. The molecule has 3 rings (SSSR count). The molecule has 1 atom stereocenters. The highest BCUT2D eigenvalue weighted by Gasteiger charge is 2.24. The standard InChI is InChI=1S/C11H14N4O/c1-2-8-10(13-5-4-12-8)9(3-1)15-11-14-6-7-16-11/h4-5,9H,1-3,6-7H2,(H,14,15)/t9-/m1/s1. The zero-order chi connectivity index (χ0) is 10.8. The first kappa shape index (κ1) is 9.57. The Labute approximate surface area is 94.0 Å². The van der Waals surface area contributed by atoms with E-state index in [4.69, 9.17) is 4.74 Å². The molecule has 5 heteroatoms. The highest BCUT2D eigenvalue weighted by atomic mass is 16.5. The summed E-state index contributed by atoms with van der Waals surface area (Å²) < 4.78 is 5.36. The van der Waals surface area contributed by atoms with Crippen LogP contribution < -0.4 is 5.32 Å². The van der Waals surface area contributed by atoms with Gasteiger partial charge in [-0.05, 0) is 19.3 Å². The van der Waals surface area contributed by atoms with Gasteiger partial charge in [0.05, 0.1) is 24.0 Å². The number of aryl methyl sites for hydroxylation is 1. The summed E-state index contributed by atoms with van der Waals surface area (Å²) in [5, 5.41) is 3.30. The second-order valence-corrected chi connectivity index (χ2v) is 4.01. The van der Waals surface area contributed by atoms with Crippen molar-refractivity contribution < 1.29 is 4.74 Å². The lowest BCUT2D eigenvalue weighted by molar-refractivity contribution is 0.320. The van der Waals surface area contributed by atoms with Gasteiger partial charge in [0, 0.05) is 12.4 Å². The van der Waals surface area contributed by atoms with Crippen LogP contribution in [0.5, 0.6) is 0 Å². The Morgan fingerprint density at radius 3 is 3.12 bits per heavy atom. The third kappa shape index (κ3) is 1.73. The van der Waals surface area contributed by atoms with Gasteiger partial charge < -0.3 is 10.1 Å². The third-order valence-electron chi connectivity index (χ3n) is 2.93. The molecule has 0 amide bonds. The molecule has 5 nitrogen and oxygen atoms in total. The minimum absolute atomic E-state index is 0.203. The molecule has 1 N–H and O–H groups in total. The molecule has 2 heterocycles. The average Bonchev–Trinajstić information content (AvgIpc) is 2.82. The summed E-state index contributed by atoms with van der Waals surface area (Å²) in [5.74, 6) is 0. The van der Waals surface area contributed by atoms with Crippen molar-refractivity contribution in [3.8, 4) is 0 Å². The fourth-order valence-electron chi connectivity index (χ4n) is 2.18. The van der Waals surface area contributed by atoms with Crippen LogP contribution >= 0.6 is 0 Å². The van der Waals surface area contributed by atoms with Crippen molar-refractivity contribution in [2.45, 2.75) is 25.3 Å². The van der Waals surface area contributed by atoms with E-state index < -0.39 is 0 Å². The van der Waals surface area contributed by atoms with Gasteiger partial charge >= 0.3 is 0 Å². The SMILES string of the molecule is c1cnc2c(n1)CCC[C@H]2NC1=NCCO1. The van der Waals surface area contributed by atoms with Crippen LogP contribution in [-0.4, -0.2) is 29.1 Å². The van der Waals surface area contributed by atoms with Crippen LogP contribution in [-0.2, 0) is 11.2 Å². The third-order valence-corrected chi connectivity index (χ3v) is 2.93. The summed E-state index contributed by atoms with van der Waals surface area (Å²) in [6, 6.07) is 0.859. The number of aliphatic imine (C=N–C) groups is 1. The van der Waals surface area contributed by atoms with Crippen LogP contribution in [0.25, 0.3) is 0 Å². The number of hydrogen-bond acceptors (Lipinski definition) is 5. The minimum atomic E-state index is 0.203. The van der Waals surface area contributed by atoms with Crippen LogP contribution in [0.1, 0.15) is 30.3 Å². The van der Waals surface area contributed by atoms with Crippen LogP contribution in [0.3, 0.4) is 0 Å². The molecule has 0 spiro atoms. The van der Waals surface area contributed by atoms with Gasteiger partial charge in [-0.2, -0.15) is 0 Å². The fraction of sp³-hybridized carbons (Fsp3) is 0.545. The minimum Gasteiger partial charge on any atom is -0.463 e. The van der Waals surface area contributed by atoms with E-state index in [1.54, 1.807) is 12.4 Å². The molecule has 0 bridgehead atoms. The van der Waals surface area contributed by atoms with Gasteiger partial charge in [-0.25, -0.2) is 4.99 Å². The zero-order valence-electron chi connectivity index (χ0n) is 9.02. The monoisotopic (exact) mass is 218 g/mol. The molecule has 0 unspecified atom stereocenters. The lowest BCUT2D eigenvalue weighted by Crippen LogP contribution is -2.32. The largest absolute Gasteiger partial charge is 0.463 e. The molecule has 0 radical (unpaired) electrons. The van der Waals surface area contributed by atoms with Crippen LogP contribution in [0.2, 0.25) is 0 Å². The van der Waals surface area contributed by atoms with E-state index >= 15 is 0 Å². The topological polar surface area (TPSA) is 59.4 Å². The fourth-order valence-corrected chi connectivity index (χ4v) is 2.18. The molecule has 0 fully saturated rings. The van der Waals surface area contributed by atoms with Crippen molar-refractivity contribution >= 4 is 6.02 Å². The van der Waals surface area contributed by atoms with E-state index in [1.165, 1.54) is 0 Å². The Morgan fingerprint density at radius 2 is 2.25 bits per heavy atom. The van der Waals surface area contributed by atoms with Gasteiger partial charge in [-0.3, -0.25) is 9.97 Å². The molecule has 2 aliphatic rings. The Bertz CT molecular complexity index is 418. The number of ether oxygens (including phenoxy) is 1. The number of nitrogens with one attached hydrogen (secondary N) is 1. The number of nitrogens with zero attached hydrogens (tertiary/aromatic N) is 3. The van der Waals surface area contributed by atoms with Gasteiger partial charge in [0.2, 0.25) is 0 Å². The maximum atomic E-state index is 5.36. The molecule has 0 saturated heterocycles. The number of aromatic nitrogens is 2. The van der Waals surface area contributed by atoms with E-state index in [1.807, 2.05) is 0 Å². The maximum absolute atomic E-state index is 5.36. The smallest absolute Gasteiger partial charge is 0.285 e. The summed E-state index contributed by atoms with van der Waals surface area (Å²) in [4.78, 5) is 13.0. The average molecular weight is 218 g/mol. The first-order chi connectivity index (χ1) is 7.93. The van der Waals surface area contributed by atoms with E-state index in [2.05, 4.69) is 20.3 Å². The predicted octanol–water partition coefficient (Wildman–Crippen LogP) is 0.830. The van der Waals surface area contributed by atoms with Crippen molar-refractivity contribution in [2.24, 2.45) is 4.99 Å². The summed E-state index contributed by atoms with van der Waals surface area (Å²) >= 11 is 0. The number of fused-ring (bicyclic) bond motifs is 1. The number of amidine groups is 1. The number of hydrogen-bond donors (Lipinski definition) is 1. The van der Waals surface area contributed by atoms with Crippen LogP contribution in [0.4, 0.5) is 0 Å². The summed E-state index contributed by atoms with van der Waals surface area (Å²) in [6.45, 7) is 1.44. The molecule has 16 heavy (non-hydrogen) atoms. The van der Waals surface area contributed by atoms with E-state index in [-0.39, 0.29) is 6.04 Å². The van der Waals surface area contributed by atoms with E-state index in [9.17, 15) is 0 Å². The summed E-state index contributed by atoms with van der Waals surface area (Å²) in [7, 11) is 0. The predicted molar refractivity (Wildman–Crippen MR) is 59.1 cm³/mol. The van der Waals surface area contributed by atoms with Crippen molar-refractivity contribution in [1.82, 2.24) is 15.3 Å². The molecule has 0 aromatic carbocycles. The second-order valence-electron chi connectivity index (χ2n) is 4.01. The molecule has 84 valence electrons. The van der Waals surface area contributed by atoms with Crippen molar-refractivity contribution in [1.29, 1.82) is 0 Å². The van der Waals surface area contributed by atoms with Gasteiger partial charge in [-0.1, -0.05) is 0 Å². The van der Waals surface area contributed by atoms with Crippen LogP contribution in [0, 0.1) is 0 Å². The van der Waals surface area contributed by atoms with Crippen LogP contribution in [0.15, 0.2) is 17.4 Å². The lowest BCUT2D eigenvalue weighted by atomic mass is 9.95. The Hall–Kier alpha value is -1.65. The summed E-state index contributed by atoms with van der Waals surface area (Å²) in [5.41, 5.74) is 2.15. The highest BCUT2D eigenvalue weighted by Crippen LogP contribution is 2.26. The molecule has 1 aromatic heterocycles. The van der Waals surface area contributed by atoms with E-state index in [0.717, 1.165) is 37.2 Å². The Kier molecular flexibility index (Phi) is 2.44. The van der Waals surface area contributed by atoms with Gasteiger partial charge in [0.25, 0.3) is 6.02 Å². The van der Waals surface area contributed by atoms with Gasteiger partial charge in [-0.15, -0.1) is 0 Å². The molecule has 1 aromatic rings. The molecule has 1 aliphatic carbocycles. The normalized spacial score (nSPS) is 23.2. The Morgan fingerprint density at radius 1 is 1.31 bits per heavy atom. The van der Waals surface area contributed by atoms with Crippen molar-refractivity contribution in [3.63, 3.8) is 0 Å². The first-order valence-corrected chi connectivity index (χ1v) is 5.67. The summed E-state index contributed by atoms with van der Waals surface area (Å²) in [6.07, 6.45) is 6.72. The zero-order valence-corrected chi connectivity index (χ0v) is 9.02. The quantitative estimate of drug-likeness (QED) is 0.758. The van der Waals surface area contributed by atoms with Crippen molar-refractivity contribution in [3.05, 3.63) is 23.8 Å². The molecular formula is C11H14N4O. The van der Waals surface area contributed by atoms with Crippen molar-refractivity contribution in [2.75, 3.05) is 13.2 Å². The molecule has 1 aliphatic heterocycles. The maximum Gasteiger partial charge on any atom is 0.285 e. The second kappa shape index (κ2) is 4.08. The van der Waals surface area contributed by atoms with Gasteiger partial charge in [0.15, 0.2) is 0 Å². The number of rotatable bonds is 1. The lowest BCUT2D eigenvalue weighted by Gasteiger charge is -2.24. The highest BCUT2D eigenvalue weighted by molar-refractivity contribution is 5.75. The molecular weight excluding hydrogens is 204 g/mol. The van der Waals surface area contributed by atoms with E-state index in [0.29, 0.717) is 12.6 Å². The Balaban J connectivity index is 1.81. The van der Waals surface area contributed by atoms with Gasteiger partial charge in [0.1, 0.15) is 6.61 Å². The first-order valence-electron chi connectivity index (χ1n) is 5.67.